The largest absolute Gasteiger partial charge is 0.377 e. The monoisotopic (exact) mass is 439 g/mol. The van der Waals surface area contributed by atoms with Crippen molar-refractivity contribution in [2.24, 2.45) is 0 Å². The lowest BCUT2D eigenvalue weighted by Gasteiger charge is -2.22. The predicted octanol–water partition coefficient (Wildman–Crippen LogP) is 4.38. The summed E-state index contributed by atoms with van der Waals surface area (Å²) in [6.45, 7) is 0.351. The number of nitrogens with zero attached hydrogens (tertiary/aromatic N) is 2. The second-order valence-corrected chi connectivity index (χ2v) is 7.07. The highest BCUT2D eigenvalue weighted by Crippen LogP contribution is 2.33. The van der Waals surface area contributed by atoms with Crippen molar-refractivity contribution in [1.82, 2.24) is 9.78 Å². The van der Waals surface area contributed by atoms with Crippen LogP contribution in [0.2, 0.25) is 5.02 Å². The Hall–Kier alpha value is -2.91. The van der Waals surface area contributed by atoms with E-state index >= 15 is 0 Å². The molecule has 156 valence electrons. The molecule has 2 aromatic carbocycles. The summed E-state index contributed by atoms with van der Waals surface area (Å²) < 4.78 is 60.3. The molecule has 1 aliphatic heterocycles. The fraction of sp³-hybridized carbons (Fsp3) is 0.200. The summed E-state index contributed by atoms with van der Waals surface area (Å²) in [6.07, 6.45) is 1.14. The molecule has 1 fully saturated rings. The van der Waals surface area contributed by atoms with Gasteiger partial charge in [0, 0.05) is 12.7 Å². The molecule has 0 saturated carbocycles. The quantitative estimate of drug-likeness (QED) is 0.613. The van der Waals surface area contributed by atoms with Crippen LogP contribution >= 0.6 is 11.6 Å². The highest BCUT2D eigenvalue weighted by Gasteiger charge is 2.31. The Labute approximate surface area is 172 Å². The third kappa shape index (κ3) is 3.78. The molecule has 1 saturated heterocycles. The normalized spacial score (nSPS) is 18.6. The lowest BCUT2D eigenvalue weighted by molar-refractivity contribution is 0.107. The van der Waals surface area contributed by atoms with Gasteiger partial charge in [-0.3, -0.25) is 4.79 Å². The first-order valence-electron chi connectivity index (χ1n) is 8.91. The van der Waals surface area contributed by atoms with Crippen molar-refractivity contribution in [2.45, 2.75) is 18.6 Å². The molecule has 4 rings (SSSR count). The number of halogens is 5. The molecule has 0 spiro atoms. The molecule has 10 heteroatoms. The zero-order valence-corrected chi connectivity index (χ0v) is 16.0. The van der Waals surface area contributed by atoms with Crippen molar-refractivity contribution in [3.63, 3.8) is 0 Å². The molecule has 0 amide bonds. The number of benzene rings is 2. The van der Waals surface area contributed by atoms with Gasteiger partial charge >= 0.3 is 0 Å². The second-order valence-electron chi connectivity index (χ2n) is 6.69. The van der Waals surface area contributed by atoms with Crippen LogP contribution < -0.4 is 10.9 Å². The molecule has 2 heterocycles. The molecule has 1 N–H and O–H groups in total. The topological polar surface area (TPSA) is 56.1 Å². The lowest BCUT2D eigenvalue weighted by atomic mass is 10.0. The van der Waals surface area contributed by atoms with E-state index < -0.39 is 41.0 Å². The minimum atomic E-state index is -0.995. The van der Waals surface area contributed by atoms with Crippen LogP contribution in [0.1, 0.15) is 18.1 Å². The first-order chi connectivity index (χ1) is 14.3. The standard InChI is InChI=1S/C20H14ClF4N3O2/c21-18-16(9-26-28(20(18)29)17-4-2-11(22)8-14(17)25)27-15-5-6-30-19(15)10-1-3-12(23)13(24)7-10/h1-4,7-9,15,19,27H,5-6H2. The van der Waals surface area contributed by atoms with E-state index in [2.05, 4.69) is 10.4 Å². The van der Waals surface area contributed by atoms with Crippen LogP contribution in [0.25, 0.3) is 5.69 Å². The van der Waals surface area contributed by atoms with Gasteiger partial charge in [-0.25, -0.2) is 17.6 Å². The Morgan fingerprint density at radius 3 is 2.60 bits per heavy atom. The van der Waals surface area contributed by atoms with Crippen molar-refractivity contribution in [3.05, 3.63) is 86.8 Å². The van der Waals surface area contributed by atoms with Crippen LogP contribution in [-0.2, 0) is 4.74 Å². The van der Waals surface area contributed by atoms with Gasteiger partial charge in [0.1, 0.15) is 22.6 Å². The van der Waals surface area contributed by atoms with Crippen LogP contribution in [0.5, 0.6) is 0 Å². The molecule has 0 aliphatic carbocycles. The van der Waals surface area contributed by atoms with Crippen molar-refractivity contribution in [1.29, 1.82) is 0 Å². The smallest absolute Gasteiger partial charge is 0.292 e. The molecule has 0 radical (unpaired) electrons. The molecule has 3 aromatic rings. The van der Waals surface area contributed by atoms with Gasteiger partial charge in [0.2, 0.25) is 0 Å². The molecule has 30 heavy (non-hydrogen) atoms. The van der Waals surface area contributed by atoms with Gasteiger partial charge in [-0.1, -0.05) is 17.7 Å². The van der Waals surface area contributed by atoms with E-state index in [1.54, 1.807) is 0 Å². The van der Waals surface area contributed by atoms with Gasteiger partial charge in [-0.05, 0) is 36.2 Å². The van der Waals surface area contributed by atoms with Crippen LogP contribution in [-0.4, -0.2) is 22.4 Å². The van der Waals surface area contributed by atoms with E-state index in [1.807, 2.05) is 0 Å². The molecular weight excluding hydrogens is 426 g/mol. The first-order valence-corrected chi connectivity index (χ1v) is 9.29. The summed E-state index contributed by atoms with van der Waals surface area (Å²) in [4.78, 5) is 12.6. The third-order valence-electron chi connectivity index (χ3n) is 4.76. The van der Waals surface area contributed by atoms with E-state index in [4.69, 9.17) is 16.3 Å². The Morgan fingerprint density at radius 1 is 1.07 bits per heavy atom. The summed E-state index contributed by atoms with van der Waals surface area (Å²) in [5, 5.41) is 6.68. The number of ether oxygens (including phenoxy) is 1. The fourth-order valence-electron chi connectivity index (χ4n) is 3.31. The first kappa shape index (κ1) is 20.4. The predicted molar refractivity (Wildman–Crippen MR) is 102 cm³/mol. The highest BCUT2D eigenvalue weighted by molar-refractivity contribution is 6.33. The minimum absolute atomic E-state index is 0.170. The lowest BCUT2D eigenvalue weighted by Crippen LogP contribution is -2.28. The van der Waals surface area contributed by atoms with Crippen LogP contribution in [0.4, 0.5) is 23.2 Å². The summed E-state index contributed by atoms with van der Waals surface area (Å²) in [7, 11) is 0. The summed E-state index contributed by atoms with van der Waals surface area (Å²) in [5.74, 6) is -3.72. The fourth-order valence-corrected chi connectivity index (χ4v) is 3.50. The van der Waals surface area contributed by atoms with Crippen LogP contribution in [0.3, 0.4) is 0 Å². The Balaban J connectivity index is 1.62. The van der Waals surface area contributed by atoms with Crippen molar-refractivity contribution >= 4 is 17.3 Å². The third-order valence-corrected chi connectivity index (χ3v) is 5.13. The maximum absolute atomic E-state index is 14.0. The number of nitrogens with one attached hydrogen (secondary N) is 1. The molecule has 2 unspecified atom stereocenters. The van der Waals surface area contributed by atoms with E-state index in [-0.39, 0.29) is 16.4 Å². The van der Waals surface area contributed by atoms with Gasteiger partial charge in [0.15, 0.2) is 17.5 Å². The maximum Gasteiger partial charge on any atom is 0.292 e. The van der Waals surface area contributed by atoms with E-state index in [0.717, 1.165) is 28.9 Å². The molecule has 2 atom stereocenters. The van der Waals surface area contributed by atoms with Crippen molar-refractivity contribution in [3.8, 4) is 5.69 Å². The van der Waals surface area contributed by atoms with E-state index in [9.17, 15) is 22.4 Å². The second kappa shape index (κ2) is 8.08. The number of hydrogen-bond acceptors (Lipinski definition) is 4. The van der Waals surface area contributed by atoms with Crippen LogP contribution in [0.15, 0.2) is 47.4 Å². The molecule has 1 aromatic heterocycles. The van der Waals surface area contributed by atoms with Gasteiger partial charge in [0.05, 0.1) is 17.9 Å². The van der Waals surface area contributed by atoms with Crippen molar-refractivity contribution < 1.29 is 22.3 Å². The van der Waals surface area contributed by atoms with E-state index in [1.165, 1.54) is 12.3 Å². The average molecular weight is 440 g/mol. The highest BCUT2D eigenvalue weighted by atomic mass is 35.5. The number of aromatic nitrogens is 2. The zero-order valence-electron chi connectivity index (χ0n) is 15.2. The van der Waals surface area contributed by atoms with Gasteiger partial charge in [0.25, 0.3) is 5.56 Å². The minimum Gasteiger partial charge on any atom is -0.377 e. The zero-order chi connectivity index (χ0) is 21.4. The average Bonchev–Trinajstić information content (AvgIpc) is 3.17. The van der Waals surface area contributed by atoms with Crippen molar-refractivity contribution in [2.75, 3.05) is 11.9 Å². The number of hydrogen-bond donors (Lipinski definition) is 1. The maximum atomic E-state index is 14.0. The van der Waals surface area contributed by atoms with Gasteiger partial charge in [-0.15, -0.1) is 0 Å². The molecule has 0 bridgehead atoms. The summed E-state index contributed by atoms with van der Waals surface area (Å²) >= 11 is 6.17. The summed E-state index contributed by atoms with van der Waals surface area (Å²) in [5.41, 5.74) is -0.465. The Kier molecular flexibility index (Phi) is 5.48. The molecular formula is C20H14ClF4N3O2. The molecule has 1 aliphatic rings. The molecule has 5 nitrogen and oxygen atoms in total. The van der Waals surface area contributed by atoms with Gasteiger partial charge < -0.3 is 10.1 Å². The SMILES string of the molecule is O=c1c(Cl)c(NC2CCOC2c2ccc(F)c(F)c2)cnn1-c1ccc(F)cc1F. The van der Waals surface area contributed by atoms with Gasteiger partial charge in [-0.2, -0.15) is 9.78 Å². The Bertz CT molecular complexity index is 1170. The summed E-state index contributed by atoms with van der Waals surface area (Å²) in [6, 6.07) is 5.78. The Morgan fingerprint density at radius 2 is 1.87 bits per heavy atom. The number of anilines is 1. The number of rotatable bonds is 4. The van der Waals surface area contributed by atoms with E-state index in [0.29, 0.717) is 24.7 Å². The van der Waals surface area contributed by atoms with Crippen LogP contribution in [0, 0.1) is 23.3 Å².